The van der Waals surface area contributed by atoms with Gasteiger partial charge in [-0.2, -0.15) is 0 Å². The molecule has 1 unspecified atom stereocenters. The monoisotopic (exact) mass is 451 g/mol. The van der Waals surface area contributed by atoms with E-state index in [2.05, 4.69) is 28.6 Å². The van der Waals surface area contributed by atoms with Crippen LogP contribution in [-0.2, 0) is 6.42 Å². The first kappa shape index (κ1) is 21.2. The Kier molecular flexibility index (Phi) is 6.39. The first-order valence-electron chi connectivity index (χ1n) is 9.96. The second-order valence-electron chi connectivity index (χ2n) is 7.08. The number of halogens is 1. The lowest BCUT2D eigenvalue weighted by atomic mass is 9.99. The van der Waals surface area contributed by atoms with E-state index < -0.39 is 0 Å². The van der Waals surface area contributed by atoms with Gasteiger partial charge in [-0.15, -0.1) is 11.3 Å². The minimum atomic E-state index is -0.283. The lowest BCUT2D eigenvalue weighted by molar-refractivity contribution is 0.0997. The minimum Gasteiger partial charge on any atom is -0.459 e. The third-order valence-electron chi connectivity index (χ3n) is 4.81. The number of furan rings is 1. The maximum atomic E-state index is 12.7. The Morgan fingerprint density at radius 2 is 2.00 bits per heavy atom. The van der Waals surface area contributed by atoms with Crippen LogP contribution in [0.1, 0.15) is 45.2 Å². The van der Waals surface area contributed by atoms with E-state index in [0.29, 0.717) is 5.02 Å². The molecular formula is C24H22ClN3O2S. The Hall–Kier alpha value is -3.09. The molecule has 7 heteroatoms. The number of pyridine rings is 1. The molecule has 0 aliphatic rings. The predicted octanol–water partition coefficient (Wildman–Crippen LogP) is 6.71. The van der Waals surface area contributed by atoms with E-state index in [9.17, 15) is 4.79 Å². The zero-order chi connectivity index (χ0) is 21.8. The Morgan fingerprint density at radius 3 is 2.71 bits per heavy atom. The maximum absolute atomic E-state index is 12.7. The Bertz CT molecular complexity index is 1190. The van der Waals surface area contributed by atoms with Gasteiger partial charge in [0.05, 0.1) is 12.3 Å². The fourth-order valence-corrected chi connectivity index (χ4v) is 4.54. The number of nitrogens with one attached hydrogen (secondary N) is 2. The number of amides is 1. The molecule has 4 rings (SSSR count). The van der Waals surface area contributed by atoms with Gasteiger partial charge in [-0.1, -0.05) is 36.7 Å². The summed E-state index contributed by atoms with van der Waals surface area (Å²) in [5, 5.41) is 7.96. The Balaban J connectivity index is 1.76. The number of carbonyl (C=O) groups excluding carboxylic acids is 1. The van der Waals surface area contributed by atoms with Crippen LogP contribution in [0.5, 0.6) is 0 Å². The third kappa shape index (κ3) is 4.98. The summed E-state index contributed by atoms with van der Waals surface area (Å²) in [7, 11) is 0. The molecule has 3 aromatic heterocycles. The van der Waals surface area contributed by atoms with E-state index >= 15 is 0 Å². The van der Waals surface area contributed by atoms with Gasteiger partial charge in [0.2, 0.25) is 0 Å². The standard InChI is InChI=1S/C24H22ClN3O2S/c1-3-18-14-19(24(31-18)28-23(29)20-10-6-12-30-20)22(16-8-5-9-17(25)13-16)27-21-11-4-7-15(2)26-21/h4-14,22H,3H2,1-2H3,(H,26,27)(H,28,29). The normalized spacial score (nSPS) is 11.8. The maximum Gasteiger partial charge on any atom is 0.291 e. The number of aromatic nitrogens is 1. The van der Waals surface area contributed by atoms with Crippen LogP contribution < -0.4 is 10.6 Å². The van der Waals surface area contributed by atoms with Gasteiger partial charge >= 0.3 is 0 Å². The number of carbonyl (C=O) groups is 1. The van der Waals surface area contributed by atoms with Gasteiger partial charge in [0.1, 0.15) is 10.8 Å². The molecule has 2 N–H and O–H groups in total. The van der Waals surface area contributed by atoms with Crippen molar-refractivity contribution in [3.63, 3.8) is 0 Å². The Labute approximate surface area is 190 Å². The largest absolute Gasteiger partial charge is 0.459 e. The molecular weight excluding hydrogens is 430 g/mol. The highest BCUT2D eigenvalue weighted by atomic mass is 35.5. The van der Waals surface area contributed by atoms with E-state index in [1.165, 1.54) is 6.26 Å². The van der Waals surface area contributed by atoms with Crippen LogP contribution >= 0.6 is 22.9 Å². The van der Waals surface area contributed by atoms with E-state index in [1.807, 2.05) is 49.4 Å². The van der Waals surface area contributed by atoms with Gasteiger partial charge in [0.15, 0.2) is 5.76 Å². The number of anilines is 2. The molecule has 5 nitrogen and oxygen atoms in total. The summed E-state index contributed by atoms with van der Waals surface area (Å²) in [6.07, 6.45) is 2.35. The molecule has 1 atom stereocenters. The van der Waals surface area contributed by atoms with Crippen LogP contribution in [0.3, 0.4) is 0 Å². The molecule has 4 aromatic rings. The number of benzene rings is 1. The minimum absolute atomic E-state index is 0.253. The smallest absolute Gasteiger partial charge is 0.291 e. The van der Waals surface area contributed by atoms with Crippen molar-refractivity contribution in [2.75, 3.05) is 10.6 Å². The summed E-state index contributed by atoms with van der Waals surface area (Å²) in [6.45, 7) is 4.05. The van der Waals surface area contributed by atoms with Crippen molar-refractivity contribution in [3.8, 4) is 0 Å². The zero-order valence-electron chi connectivity index (χ0n) is 17.2. The second-order valence-corrected chi connectivity index (χ2v) is 8.65. The fourth-order valence-electron chi connectivity index (χ4n) is 3.32. The molecule has 0 saturated carbocycles. The fraction of sp³-hybridized carbons (Fsp3) is 0.167. The Morgan fingerprint density at radius 1 is 1.16 bits per heavy atom. The van der Waals surface area contributed by atoms with E-state index in [1.54, 1.807) is 23.5 Å². The SMILES string of the molecule is CCc1cc(C(Nc2cccc(C)n2)c2cccc(Cl)c2)c(NC(=O)c2ccco2)s1. The average Bonchev–Trinajstić information content (AvgIpc) is 3.42. The highest BCUT2D eigenvalue weighted by molar-refractivity contribution is 7.16. The molecule has 0 aliphatic heterocycles. The van der Waals surface area contributed by atoms with Crippen LogP contribution in [0.2, 0.25) is 5.02 Å². The molecule has 3 heterocycles. The van der Waals surface area contributed by atoms with Crippen molar-refractivity contribution in [1.29, 1.82) is 0 Å². The number of rotatable bonds is 7. The van der Waals surface area contributed by atoms with Crippen LogP contribution in [-0.4, -0.2) is 10.9 Å². The summed E-state index contributed by atoms with van der Waals surface area (Å²) < 4.78 is 5.26. The molecule has 158 valence electrons. The van der Waals surface area contributed by atoms with Crippen molar-refractivity contribution in [2.45, 2.75) is 26.3 Å². The van der Waals surface area contributed by atoms with Gasteiger partial charge in [-0.05, 0) is 61.4 Å². The van der Waals surface area contributed by atoms with Crippen molar-refractivity contribution in [3.05, 3.63) is 99.4 Å². The first-order chi connectivity index (χ1) is 15.0. The molecule has 0 fully saturated rings. The number of nitrogens with zero attached hydrogens (tertiary/aromatic N) is 1. The summed E-state index contributed by atoms with van der Waals surface area (Å²) in [4.78, 5) is 18.5. The van der Waals surface area contributed by atoms with Crippen molar-refractivity contribution in [2.24, 2.45) is 0 Å². The van der Waals surface area contributed by atoms with Crippen LogP contribution in [0.25, 0.3) is 0 Å². The number of hydrogen-bond donors (Lipinski definition) is 2. The van der Waals surface area contributed by atoms with Crippen molar-refractivity contribution in [1.82, 2.24) is 4.98 Å². The highest BCUT2D eigenvalue weighted by Gasteiger charge is 2.23. The van der Waals surface area contributed by atoms with E-state index in [0.717, 1.165) is 38.9 Å². The summed E-state index contributed by atoms with van der Waals surface area (Å²) >= 11 is 7.86. The van der Waals surface area contributed by atoms with Gasteiger partial charge in [-0.3, -0.25) is 4.79 Å². The second kappa shape index (κ2) is 9.37. The number of thiophene rings is 1. The van der Waals surface area contributed by atoms with Crippen molar-refractivity contribution < 1.29 is 9.21 Å². The molecule has 0 bridgehead atoms. The quantitative estimate of drug-likeness (QED) is 0.327. The first-order valence-corrected chi connectivity index (χ1v) is 11.2. The summed E-state index contributed by atoms with van der Waals surface area (Å²) in [5.74, 6) is 0.733. The molecule has 0 radical (unpaired) electrons. The predicted molar refractivity (Wildman–Crippen MR) is 126 cm³/mol. The molecule has 1 aromatic carbocycles. The molecule has 0 aliphatic carbocycles. The molecule has 0 saturated heterocycles. The van der Waals surface area contributed by atoms with Crippen LogP contribution in [0.15, 0.2) is 71.3 Å². The van der Waals surface area contributed by atoms with Crippen molar-refractivity contribution >= 4 is 39.7 Å². The summed E-state index contributed by atoms with van der Waals surface area (Å²) in [5.41, 5.74) is 2.85. The number of aryl methyl sites for hydroxylation is 2. The van der Waals surface area contributed by atoms with Gasteiger partial charge in [0, 0.05) is 21.2 Å². The van der Waals surface area contributed by atoms with Crippen LogP contribution in [0, 0.1) is 6.92 Å². The number of hydrogen-bond acceptors (Lipinski definition) is 5. The lowest BCUT2D eigenvalue weighted by Crippen LogP contribution is -2.17. The van der Waals surface area contributed by atoms with Gasteiger partial charge in [0.25, 0.3) is 5.91 Å². The molecule has 1 amide bonds. The van der Waals surface area contributed by atoms with Gasteiger partial charge in [-0.25, -0.2) is 4.98 Å². The lowest BCUT2D eigenvalue weighted by Gasteiger charge is -2.21. The molecule has 0 spiro atoms. The summed E-state index contributed by atoms with van der Waals surface area (Å²) in [6, 6.07) is 18.8. The third-order valence-corrected chi connectivity index (χ3v) is 6.25. The van der Waals surface area contributed by atoms with E-state index in [4.69, 9.17) is 16.0 Å². The average molecular weight is 452 g/mol. The van der Waals surface area contributed by atoms with Crippen LogP contribution in [0.4, 0.5) is 10.8 Å². The van der Waals surface area contributed by atoms with Gasteiger partial charge < -0.3 is 15.1 Å². The highest BCUT2D eigenvalue weighted by Crippen LogP contribution is 2.38. The topological polar surface area (TPSA) is 67.2 Å². The molecule has 31 heavy (non-hydrogen) atoms. The zero-order valence-corrected chi connectivity index (χ0v) is 18.8. The van der Waals surface area contributed by atoms with E-state index in [-0.39, 0.29) is 17.7 Å².